The lowest BCUT2D eigenvalue weighted by Crippen LogP contribution is -2.34. The molecule has 22 heavy (non-hydrogen) atoms. The van der Waals surface area contributed by atoms with Gasteiger partial charge in [0.1, 0.15) is 5.75 Å². The van der Waals surface area contributed by atoms with Crippen LogP contribution in [-0.2, 0) is 11.3 Å². The van der Waals surface area contributed by atoms with E-state index in [1.165, 1.54) is 0 Å². The first-order valence-corrected chi connectivity index (χ1v) is 6.93. The van der Waals surface area contributed by atoms with E-state index in [1.807, 2.05) is 18.2 Å². The normalized spacial score (nSPS) is 16.2. The van der Waals surface area contributed by atoms with Crippen LogP contribution in [0.25, 0.3) is 0 Å². The molecule has 2 aromatic rings. The molecule has 1 aliphatic rings. The van der Waals surface area contributed by atoms with Crippen molar-refractivity contribution in [3.8, 4) is 5.75 Å². The second kappa shape index (κ2) is 5.85. The highest BCUT2D eigenvalue weighted by Crippen LogP contribution is 2.30. The molecule has 2 heterocycles. The van der Waals surface area contributed by atoms with Crippen molar-refractivity contribution in [1.82, 2.24) is 10.3 Å². The molecule has 1 atom stereocenters. The molecular formula is C16H15N3O3. The van der Waals surface area contributed by atoms with Gasteiger partial charge in [-0.25, -0.2) is 0 Å². The standard InChI is InChI=1S/C16H15N3O3/c1-10-15(20)19-13-6-5-11(8-14(13)22-10)16(21)18-9-12-4-2-3-7-17-12/h2-8,10H,9H2,1H3,(H,18,21)(H,19,20). The van der Waals surface area contributed by atoms with Crippen molar-refractivity contribution >= 4 is 17.5 Å². The van der Waals surface area contributed by atoms with Crippen molar-refractivity contribution in [3.05, 3.63) is 53.9 Å². The summed E-state index contributed by atoms with van der Waals surface area (Å²) in [5.41, 5.74) is 1.83. The fourth-order valence-electron chi connectivity index (χ4n) is 2.12. The minimum Gasteiger partial charge on any atom is -0.479 e. The third-order valence-corrected chi connectivity index (χ3v) is 3.33. The van der Waals surface area contributed by atoms with E-state index in [1.54, 1.807) is 31.3 Å². The summed E-state index contributed by atoms with van der Waals surface area (Å²) in [5, 5.41) is 5.53. The number of nitrogens with one attached hydrogen (secondary N) is 2. The second-order valence-electron chi connectivity index (χ2n) is 4.96. The molecule has 0 saturated heterocycles. The van der Waals surface area contributed by atoms with Crippen LogP contribution in [0.15, 0.2) is 42.6 Å². The first kappa shape index (κ1) is 14.1. The molecule has 0 radical (unpaired) electrons. The van der Waals surface area contributed by atoms with Gasteiger partial charge in [-0.3, -0.25) is 14.6 Å². The molecule has 0 saturated carbocycles. The highest BCUT2D eigenvalue weighted by molar-refractivity contribution is 6.00. The summed E-state index contributed by atoms with van der Waals surface area (Å²) in [6, 6.07) is 10.5. The maximum Gasteiger partial charge on any atom is 0.265 e. The smallest absolute Gasteiger partial charge is 0.265 e. The quantitative estimate of drug-likeness (QED) is 0.904. The summed E-state index contributed by atoms with van der Waals surface area (Å²) in [6.45, 7) is 2.01. The van der Waals surface area contributed by atoms with Crippen molar-refractivity contribution in [2.45, 2.75) is 19.6 Å². The highest BCUT2D eigenvalue weighted by atomic mass is 16.5. The number of pyridine rings is 1. The Balaban J connectivity index is 1.71. The molecule has 2 amide bonds. The molecule has 1 aliphatic heterocycles. The first-order valence-electron chi connectivity index (χ1n) is 6.93. The SMILES string of the molecule is CC1Oc2cc(C(=O)NCc3ccccn3)ccc2NC1=O. The fraction of sp³-hybridized carbons (Fsp3) is 0.188. The maximum atomic E-state index is 12.2. The molecule has 1 aromatic carbocycles. The maximum absolute atomic E-state index is 12.2. The van der Waals surface area contributed by atoms with Crippen molar-refractivity contribution in [2.24, 2.45) is 0 Å². The first-order chi connectivity index (χ1) is 10.6. The Morgan fingerprint density at radius 1 is 1.36 bits per heavy atom. The predicted octanol–water partition coefficient (Wildman–Crippen LogP) is 1.73. The van der Waals surface area contributed by atoms with Crippen LogP contribution in [0, 0.1) is 0 Å². The largest absolute Gasteiger partial charge is 0.479 e. The molecule has 0 fully saturated rings. The van der Waals surface area contributed by atoms with Gasteiger partial charge in [-0.1, -0.05) is 6.07 Å². The molecule has 6 nitrogen and oxygen atoms in total. The summed E-state index contributed by atoms with van der Waals surface area (Å²) >= 11 is 0. The fourth-order valence-corrected chi connectivity index (χ4v) is 2.12. The van der Waals surface area contributed by atoms with Gasteiger partial charge in [-0.05, 0) is 37.3 Å². The van der Waals surface area contributed by atoms with Crippen molar-refractivity contribution in [2.75, 3.05) is 5.32 Å². The Kier molecular flexibility index (Phi) is 3.74. The van der Waals surface area contributed by atoms with Crippen LogP contribution >= 0.6 is 0 Å². The van der Waals surface area contributed by atoms with Gasteiger partial charge in [0.05, 0.1) is 17.9 Å². The van der Waals surface area contributed by atoms with Crippen LogP contribution in [0.3, 0.4) is 0 Å². The van der Waals surface area contributed by atoms with Crippen molar-refractivity contribution in [1.29, 1.82) is 0 Å². The van der Waals surface area contributed by atoms with E-state index in [4.69, 9.17) is 4.74 Å². The Bertz CT molecular complexity index is 716. The molecule has 0 spiro atoms. The number of amides is 2. The summed E-state index contributed by atoms with van der Waals surface area (Å²) < 4.78 is 5.49. The average molecular weight is 297 g/mol. The van der Waals surface area contributed by atoms with Crippen LogP contribution in [0.1, 0.15) is 23.0 Å². The van der Waals surface area contributed by atoms with E-state index in [9.17, 15) is 9.59 Å². The summed E-state index contributed by atoms with van der Waals surface area (Å²) in [5.74, 6) is 0.0824. The molecule has 112 valence electrons. The summed E-state index contributed by atoms with van der Waals surface area (Å²) in [4.78, 5) is 27.8. The van der Waals surface area contributed by atoms with Gasteiger partial charge in [0, 0.05) is 11.8 Å². The van der Waals surface area contributed by atoms with Gasteiger partial charge in [0.2, 0.25) is 0 Å². The van der Waals surface area contributed by atoms with E-state index >= 15 is 0 Å². The van der Waals surface area contributed by atoms with Gasteiger partial charge >= 0.3 is 0 Å². The van der Waals surface area contributed by atoms with E-state index in [-0.39, 0.29) is 11.8 Å². The minimum absolute atomic E-state index is 0.195. The van der Waals surface area contributed by atoms with Crippen molar-refractivity contribution < 1.29 is 14.3 Å². The third-order valence-electron chi connectivity index (χ3n) is 3.33. The number of carbonyl (C=O) groups is 2. The number of rotatable bonds is 3. The topological polar surface area (TPSA) is 80.3 Å². The predicted molar refractivity (Wildman–Crippen MR) is 80.6 cm³/mol. The number of aromatic nitrogens is 1. The molecule has 2 N–H and O–H groups in total. The van der Waals surface area contributed by atoms with Gasteiger partial charge < -0.3 is 15.4 Å². The van der Waals surface area contributed by atoms with Gasteiger partial charge in [-0.2, -0.15) is 0 Å². The molecule has 3 rings (SSSR count). The Morgan fingerprint density at radius 2 is 2.23 bits per heavy atom. The molecule has 1 unspecified atom stereocenters. The van der Waals surface area contributed by atoms with Gasteiger partial charge in [-0.15, -0.1) is 0 Å². The number of ether oxygens (including phenoxy) is 1. The number of nitrogens with zero attached hydrogens (tertiary/aromatic N) is 1. The zero-order valence-corrected chi connectivity index (χ0v) is 12.0. The lowest BCUT2D eigenvalue weighted by Gasteiger charge is -2.23. The molecule has 1 aromatic heterocycles. The summed E-state index contributed by atoms with van der Waals surface area (Å²) in [6.07, 6.45) is 1.11. The van der Waals surface area contributed by atoms with Crippen LogP contribution in [-0.4, -0.2) is 22.9 Å². The van der Waals surface area contributed by atoms with Crippen LogP contribution in [0.2, 0.25) is 0 Å². The average Bonchev–Trinajstić information content (AvgIpc) is 2.54. The van der Waals surface area contributed by atoms with E-state index in [0.717, 1.165) is 5.69 Å². The molecule has 0 bridgehead atoms. The number of carbonyl (C=O) groups excluding carboxylic acids is 2. The molecule has 0 aliphatic carbocycles. The van der Waals surface area contributed by atoms with Crippen LogP contribution in [0.4, 0.5) is 5.69 Å². The van der Waals surface area contributed by atoms with Crippen molar-refractivity contribution in [3.63, 3.8) is 0 Å². The number of anilines is 1. The Labute approximate surface area is 127 Å². The molecular weight excluding hydrogens is 282 g/mol. The zero-order valence-electron chi connectivity index (χ0n) is 12.0. The monoisotopic (exact) mass is 297 g/mol. The minimum atomic E-state index is -0.570. The lowest BCUT2D eigenvalue weighted by atomic mass is 10.1. The van der Waals surface area contributed by atoms with Crippen LogP contribution in [0.5, 0.6) is 5.75 Å². The number of benzene rings is 1. The van der Waals surface area contributed by atoms with E-state index in [2.05, 4.69) is 15.6 Å². The Morgan fingerprint density at radius 3 is 3.00 bits per heavy atom. The summed E-state index contributed by atoms with van der Waals surface area (Å²) in [7, 11) is 0. The van der Waals surface area contributed by atoms with Gasteiger partial charge in [0.15, 0.2) is 6.10 Å². The lowest BCUT2D eigenvalue weighted by molar-refractivity contribution is -0.122. The van der Waals surface area contributed by atoms with Crippen LogP contribution < -0.4 is 15.4 Å². The number of fused-ring (bicyclic) bond motifs is 1. The number of hydrogen-bond acceptors (Lipinski definition) is 4. The zero-order chi connectivity index (χ0) is 15.5. The molecule has 6 heteroatoms. The Hall–Kier alpha value is -2.89. The van der Waals surface area contributed by atoms with E-state index < -0.39 is 6.10 Å². The van der Waals surface area contributed by atoms with Gasteiger partial charge in [0.25, 0.3) is 11.8 Å². The number of hydrogen-bond donors (Lipinski definition) is 2. The highest BCUT2D eigenvalue weighted by Gasteiger charge is 2.24. The van der Waals surface area contributed by atoms with E-state index in [0.29, 0.717) is 23.5 Å². The second-order valence-corrected chi connectivity index (χ2v) is 4.96. The third kappa shape index (κ3) is 2.90.